The first-order chi connectivity index (χ1) is 10.6. The van der Waals surface area contributed by atoms with Crippen molar-refractivity contribution in [3.63, 3.8) is 0 Å². The fourth-order valence-corrected chi connectivity index (χ4v) is 3.28. The average molecular weight is 300 g/mol. The zero-order chi connectivity index (χ0) is 15.5. The second-order valence-electron chi connectivity index (χ2n) is 6.11. The molecule has 1 fully saturated rings. The highest BCUT2D eigenvalue weighted by Crippen LogP contribution is 2.23. The summed E-state index contributed by atoms with van der Waals surface area (Å²) in [4.78, 5) is 6.75. The van der Waals surface area contributed by atoms with Gasteiger partial charge in [-0.1, -0.05) is 30.3 Å². The summed E-state index contributed by atoms with van der Waals surface area (Å²) in [5.74, 6) is 1.79. The van der Waals surface area contributed by atoms with Crippen molar-refractivity contribution in [3.8, 4) is 0 Å². The number of rotatable bonds is 5. The van der Waals surface area contributed by atoms with Crippen LogP contribution < -0.4 is 0 Å². The minimum atomic E-state index is -0.430. The normalized spacial score (nSPS) is 20.4. The highest BCUT2D eigenvalue weighted by Gasteiger charge is 2.27. The van der Waals surface area contributed by atoms with Crippen molar-refractivity contribution in [3.05, 3.63) is 47.5 Å². The molecule has 0 unspecified atom stereocenters. The first-order valence-electron chi connectivity index (χ1n) is 7.98. The number of β-amino-alcohol motifs (C(OH)–C–C–N with tert-alkyl or cyclic N) is 1. The predicted molar refractivity (Wildman–Crippen MR) is 85.5 cm³/mol. The van der Waals surface area contributed by atoms with Gasteiger partial charge in [0.25, 0.3) is 0 Å². The molecule has 0 radical (unpaired) electrons. The number of aliphatic hydroxyl groups excluding tert-OH is 1. The number of aliphatic hydroxyl groups is 1. The monoisotopic (exact) mass is 300 g/mol. The largest absolute Gasteiger partial charge is 0.387 e. The fourth-order valence-electron chi connectivity index (χ4n) is 3.28. The molecule has 1 N–H and O–H groups in total. The number of hydrogen-bond donors (Lipinski definition) is 1. The summed E-state index contributed by atoms with van der Waals surface area (Å²) >= 11 is 0. The van der Waals surface area contributed by atoms with Gasteiger partial charge in [-0.15, -0.1) is 0 Å². The van der Waals surface area contributed by atoms with Gasteiger partial charge in [0.2, 0.25) is 0 Å². The topological polar surface area (TPSA) is 54.2 Å². The first-order valence-corrected chi connectivity index (χ1v) is 7.98. The summed E-state index contributed by atoms with van der Waals surface area (Å²) < 4.78 is 1.99. The molecule has 2 aromatic rings. The minimum Gasteiger partial charge on any atom is -0.387 e. The second kappa shape index (κ2) is 6.58. The van der Waals surface area contributed by atoms with Crippen LogP contribution in [0.25, 0.3) is 0 Å². The summed E-state index contributed by atoms with van der Waals surface area (Å²) in [6.07, 6.45) is 1.90. The highest BCUT2D eigenvalue weighted by molar-refractivity contribution is 5.17. The van der Waals surface area contributed by atoms with Crippen molar-refractivity contribution in [2.75, 3.05) is 13.1 Å². The molecule has 0 spiro atoms. The van der Waals surface area contributed by atoms with Gasteiger partial charge < -0.3 is 5.11 Å². The van der Waals surface area contributed by atoms with Crippen LogP contribution in [0, 0.1) is 13.8 Å². The van der Waals surface area contributed by atoms with Gasteiger partial charge in [-0.05, 0) is 38.8 Å². The number of likely N-dealkylation sites (tertiary alicyclic amines) is 1. The Morgan fingerprint density at radius 3 is 2.73 bits per heavy atom. The molecule has 0 saturated carbocycles. The minimum absolute atomic E-state index is 0.429. The molecule has 3 rings (SSSR count). The molecule has 5 nitrogen and oxygen atoms in total. The van der Waals surface area contributed by atoms with Crippen LogP contribution >= 0.6 is 0 Å². The third-order valence-electron chi connectivity index (χ3n) is 4.44. The zero-order valence-corrected chi connectivity index (χ0v) is 13.3. The van der Waals surface area contributed by atoms with Gasteiger partial charge in [-0.3, -0.25) is 4.90 Å². The Morgan fingerprint density at radius 2 is 2.05 bits per heavy atom. The van der Waals surface area contributed by atoms with Crippen molar-refractivity contribution in [1.82, 2.24) is 19.7 Å². The Hall–Kier alpha value is -1.72. The average Bonchev–Trinajstić information content (AvgIpc) is 3.07. The van der Waals surface area contributed by atoms with Crippen LogP contribution in [0.3, 0.4) is 0 Å². The van der Waals surface area contributed by atoms with Crippen LogP contribution in [-0.2, 0) is 6.54 Å². The molecule has 1 aliphatic heterocycles. The van der Waals surface area contributed by atoms with E-state index < -0.39 is 6.10 Å². The smallest absolute Gasteiger partial charge is 0.147 e. The van der Waals surface area contributed by atoms with Crippen molar-refractivity contribution in [2.24, 2.45) is 0 Å². The van der Waals surface area contributed by atoms with Crippen LogP contribution in [0.5, 0.6) is 0 Å². The van der Waals surface area contributed by atoms with E-state index in [2.05, 4.69) is 15.0 Å². The van der Waals surface area contributed by atoms with E-state index in [4.69, 9.17) is 0 Å². The van der Waals surface area contributed by atoms with Crippen LogP contribution in [0.1, 0.15) is 36.2 Å². The van der Waals surface area contributed by atoms with Gasteiger partial charge in [0, 0.05) is 12.6 Å². The predicted octanol–water partition coefficient (Wildman–Crippen LogP) is 2.09. The van der Waals surface area contributed by atoms with Crippen molar-refractivity contribution in [2.45, 2.75) is 45.4 Å². The molecule has 0 amide bonds. The van der Waals surface area contributed by atoms with E-state index in [1.165, 1.54) is 6.42 Å². The Bertz CT molecular complexity index is 610. The van der Waals surface area contributed by atoms with E-state index in [0.29, 0.717) is 12.6 Å². The second-order valence-corrected chi connectivity index (χ2v) is 6.11. The van der Waals surface area contributed by atoms with E-state index in [1.54, 1.807) is 0 Å². The fraction of sp³-hybridized carbons (Fsp3) is 0.529. The number of nitrogens with zero attached hydrogens (tertiary/aromatic N) is 4. The maximum atomic E-state index is 10.4. The molecule has 22 heavy (non-hydrogen) atoms. The molecule has 2 heterocycles. The quantitative estimate of drug-likeness (QED) is 0.918. The number of hydrogen-bond acceptors (Lipinski definition) is 4. The zero-order valence-electron chi connectivity index (χ0n) is 13.3. The summed E-state index contributed by atoms with van der Waals surface area (Å²) in [5.41, 5.74) is 0.987. The third kappa shape index (κ3) is 3.36. The van der Waals surface area contributed by atoms with Crippen molar-refractivity contribution < 1.29 is 5.11 Å². The van der Waals surface area contributed by atoms with Gasteiger partial charge in [0.15, 0.2) is 0 Å². The van der Waals surface area contributed by atoms with Gasteiger partial charge in [0.05, 0.1) is 12.6 Å². The van der Waals surface area contributed by atoms with Crippen LogP contribution in [-0.4, -0.2) is 43.9 Å². The van der Waals surface area contributed by atoms with Gasteiger partial charge in [-0.25, -0.2) is 9.67 Å². The lowest BCUT2D eigenvalue weighted by atomic mass is 10.1. The molecule has 0 aliphatic carbocycles. The lowest BCUT2D eigenvalue weighted by Crippen LogP contribution is -2.36. The molecule has 5 heteroatoms. The molecular weight excluding hydrogens is 276 g/mol. The lowest BCUT2D eigenvalue weighted by Gasteiger charge is -2.27. The molecule has 1 saturated heterocycles. The molecular formula is C17H24N4O. The number of benzene rings is 1. The molecule has 1 aromatic carbocycles. The van der Waals surface area contributed by atoms with E-state index >= 15 is 0 Å². The molecule has 0 bridgehead atoms. The van der Waals surface area contributed by atoms with E-state index in [1.807, 2.05) is 48.9 Å². The maximum absolute atomic E-state index is 10.4. The lowest BCUT2D eigenvalue weighted by molar-refractivity contribution is 0.100. The van der Waals surface area contributed by atoms with Crippen molar-refractivity contribution in [1.29, 1.82) is 0 Å². The molecule has 1 aliphatic rings. The highest BCUT2D eigenvalue weighted by atomic mass is 16.3. The Kier molecular flexibility index (Phi) is 4.55. The Balaban J connectivity index is 1.64. The molecule has 2 atom stereocenters. The van der Waals surface area contributed by atoms with Crippen LogP contribution in [0.15, 0.2) is 30.3 Å². The van der Waals surface area contributed by atoms with E-state index in [9.17, 15) is 5.11 Å². The van der Waals surface area contributed by atoms with E-state index in [0.717, 1.165) is 36.7 Å². The van der Waals surface area contributed by atoms with Crippen LogP contribution in [0.4, 0.5) is 0 Å². The van der Waals surface area contributed by atoms with Crippen molar-refractivity contribution >= 4 is 0 Å². The first kappa shape index (κ1) is 15.2. The Morgan fingerprint density at radius 1 is 1.27 bits per heavy atom. The van der Waals surface area contributed by atoms with Gasteiger partial charge in [0.1, 0.15) is 11.6 Å². The van der Waals surface area contributed by atoms with Gasteiger partial charge in [-0.2, -0.15) is 5.10 Å². The summed E-state index contributed by atoms with van der Waals surface area (Å²) in [7, 11) is 0. The molecule has 1 aromatic heterocycles. The van der Waals surface area contributed by atoms with E-state index in [-0.39, 0.29) is 0 Å². The molecule has 118 valence electrons. The van der Waals surface area contributed by atoms with Crippen LogP contribution in [0.2, 0.25) is 0 Å². The Labute approximate surface area is 131 Å². The summed E-state index contributed by atoms with van der Waals surface area (Å²) in [5, 5.41) is 14.9. The standard InChI is InChI=1S/C17H24N4O/c1-13-18-14(2)21(19-13)11-16-9-6-10-20(16)12-17(22)15-7-4-3-5-8-15/h3-5,7-8,16-17,22H,6,9-12H2,1-2H3/t16-,17-/m1/s1. The van der Waals surface area contributed by atoms with Gasteiger partial charge >= 0.3 is 0 Å². The number of aromatic nitrogens is 3. The third-order valence-corrected chi connectivity index (χ3v) is 4.44. The summed E-state index contributed by atoms with van der Waals surface area (Å²) in [6, 6.07) is 10.3. The maximum Gasteiger partial charge on any atom is 0.147 e. The number of aryl methyl sites for hydroxylation is 2. The SMILES string of the molecule is Cc1nc(C)n(C[C@H]2CCCN2C[C@@H](O)c2ccccc2)n1. The summed E-state index contributed by atoms with van der Waals surface area (Å²) in [6.45, 7) is 6.50.